The van der Waals surface area contributed by atoms with Crippen LogP contribution in [-0.4, -0.2) is 11.9 Å². The Balaban J connectivity index is 3.91. The molecule has 58 valence electrons. The maximum absolute atomic E-state index is 10.8. The first kappa shape index (κ1) is 9.59. The van der Waals surface area contributed by atoms with E-state index in [-0.39, 0.29) is 11.9 Å². The normalized spacial score (nSPS) is 10.3. The molecule has 0 aliphatic rings. The van der Waals surface area contributed by atoms with Gasteiger partial charge in [-0.25, -0.2) is 0 Å². The van der Waals surface area contributed by atoms with Crippen LogP contribution in [0.25, 0.3) is 0 Å². The molecule has 2 heteroatoms. The molecule has 1 atom stereocenters. The van der Waals surface area contributed by atoms with Gasteiger partial charge < -0.3 is 5.32 Å². The molecule has 0 rings (SSSR count). The van der Waals surface area contributed by atoms with Gasteiger partial charge in [-0.15, -0.1) is 6.42 Å². The lowest BCUT2D eigenvalue weighted by Crippen LogP contribution is -2.31. The van der Waals surface area contributed by atoms with Crippen LogP contribution in [0, 0.1) is 24.2 Å². The largest absolute Gasteiger partial charge is 0.332 e. The van der Waals surface area contributed by atoms with E-state index in [0.717, 1.165) is 6.42 Å². The zero-order valence-electron chi connectivity index (χ0n) is 6.77. The quantitative estimate of drug-likeness (QED) is 0.570. The van der Waals surface area contributed by atoms with E-state index in [1.165, 1.54) is 0 Å². The van der Waals surface area contributed by atoms with Crippen molar-refractivity contribution in [2.45, 2.75) is 26.3 Å². The molecule has 0 fully saturated rings. The molecule has 1 amide bonds. The summed E-state index contributed by atoms with van der Waals surface area (Å²) in [7, 11) is 0. The molecule has 1 unspecified atom stereocenters. The molecule has 0 saturated carbocycles. The molecule has 0 bridgehead atoms. The van der Waals surface area contributed by atoms with Crippen LogP contribution in [0.4, 0.5) is 0 Å². The van der Waals surface area contributed by atoms with Crippen LogP contribution in [0.2, 0.25) is 0 Å². The van der Waals surface area contributed by atoms with Crippen molar-refractivity contribution in [2.24, 2.45) is 0 Å². The minimum Gasteiger partial charge on any atom is -0.332 e. The Hall–Kier alpha value is -1.41. The summed E-state index contributed by atoms with van der Waals surface area (Å²) in [6.07, 6.45) is 5.84. The van der Waals surface area contributed by atoms with Gasteiger partial charge in [0.1, 0.15) is 0 Å². The van der Waals surface area contributed by atoms with E-state index in [1.807, 2.05) is 6.92 Å². The molecule has 0 aromatic carbocycles. The summed E-state index contributed by atoms with van der Waals surface area (Å²) in [5, 5.41) is 2.57. The lowest BCUT2D eigenvalue weighted by atomic mass is 10.2. The number of hydrogen-bond acceptors (Lipinski definition) is 1. The van der Waals surface area contributed by atoms with Gasteiger partial charge in [-0.1, -0.05) is 18.8 Å². The van der Waals surface area contributed by atoms with Crippen LogP contribution < -0.4 is 5.32 Å². The van der Waals surface area contributed by atoms with E-state index < -0.39 is 0 Å². The van der Waals surface area contributed by atoms with E-state index in [0.29, 0.717) is 0 Å². The summed E-state index contributed by atoms with van der Waals surface area (Å²) in [6, 6.07) is -0.191. The first-order valence-electron chi connectivity index (χ1n) is 3.44. The molecule has 2 nitrogen and oxygen atoms in total. The number of terminal acetylenes is 1. The fraction of sp³-hybridized carbons (Fsp3) is 0.444. The molecule has 0 saturated heterocycles. The van der Waals surface area contributed by atoms with Gasteiger partial charge in [-0.2, -0.15) is 0 Å². The Morgan fingerprint density at radius 3 is 2.73 bits per heavy atom. The first-order chi connectivity index (χ1) is 5.24. The summed E-state index contributed by atoms with van der Waals surface area (Å²) in [4.78, 5) is 10.8. The number of carbonyl (C=O) groups excluding carboxylic acids is 1. The second-order valence-corrected chi connectivity index (χ2v) is 1.98. The highest BCUT2D eigenvalue weighted by atomic mass is 16.1. The molecule has 0 aliphatic carbocycles. The molecule has 0 radical (unpaired) electrons. The maximum Gasteiger partial charge on any atom is 0.296 e. The molecule has 1 N–H and O–H groups in total. The highest BCUT2D eigenvalue weighted by molar-refractivity contribution is 5.93. The third kappa shape index (κ3) is 4.06. The summed E-state index contributed by atoms with van der Waals surface area (Å²) in [5.74, 6) is 6.97. The number of nitrogens with one attached hydrogen (secondary N) is 1. The smallest absolute Gasteiger partial charge is 0.296 e. The Labute approximate surface area is 67.4 Å². The van der Waals surface area contributed by atoms with Crippen molar-refractivity contribution in [3.63, 3.8) is 0 Å². The van der Waals surface area contributed by atoms with Crippen molar-refractivity contribution >= 4 is 5.91 Å². The van der Waals surface area contributed by atoms with Crippen LogP contribution in [0.3, 0.4) is 0 Å². The van der Waals surface area contributed by atoms with Crippen LogP contribution >= 0.6 is 0 Å². The summed E-state index contributed by atoms with van der Waals surface area (Å²) >= 11 is 0. The third-order valence-corrected chi connectivity index (χ3v) is 1.15. The van der Waals surface area contributed by atoms with Crippen molar-refractivity contribution in [3.8, 4) is 24.2 Å². The standard InChI is InChI=1S/C9H11NO/c1-4-7-9(11)10-8(5-2)6-3/h2,8H,6H2,1,3H3,(H,10,11). The van der Waals surface area contributed by atoms with Gasteiger partial charge >= 0.3 is 0 Å². The summed E-state index contributed by atoms with van der Waals surface area (Å²) < 4.78 is 0. The number of rotatable bonds is 2. The zero-order valence-corrected chi connectivity index (χ0v) is 6.77. The highest BCUT2D eigenvalue weighted by Gasteiger charge is 2.02. The summed E-state index contributed by atoms with van der Waals surface area (Å²) in [5.41, 5.74) is 0. The minimum atomic E-state index is -0.308. The van der Waals surface area contributed by atoms with Gasteiger partial charge in [-0.3, -0.25) is 4.79 Å². The van der Waals surface area contributed by atoms with Gasteiger partial charge in [-0.05, 0) is 19.3 Å². The Morgan fingerprint density at radius 2 is 2.36 bits per heavy atom. The molecule has 0 aromatic heterocycles. The van der Waals surface area contributed by atoms with Crippen LogP contribution in [0.5, 0.6) is 0 Å². The van der Waals surface area contributed by atoms with Crippen LogP contribution in [0.1, 0.15) is 20.3 Å². The predicted octanol–water partition coefficient (Wildman–Crippen LogP) is 0.538. The van der Waals surface area contributed by atoms with Gasteiger partial charge in [0.25, 0.3) is 5.91 Å². The van der Waals surface area contributed by atoms with Gasteiger partial charge in [0.2, 0.25) is 0 Å². The van der Waals surface area contributed by atoms with Gasteiger partial charge in [0.15, 0.2) is 0 Å². The van der Waals surface area contributed by atoms with E-state index in [2.05, 4.69) is 23.1 Å². The van der Waals surface area contributed by atoms with Crippen molar-refractivity contribution < 1.29 is 4.79 Å². The van der Waals surface area contributed by atoms with E-state index in [4.69, 9.17) is 6.42 Å². The average molecular weight is 149 g/mol. The molecule has 11 heavy (non-hydrogen) atoms. The number of amides is 1. The van der Waals surface area contributed by atoms with Crippen molar-refractivity contribution in [1.29, 1.82) is 0 Å². The van der Waals surface area contributed by atoms with Gasteiger partial charge in [0, 0.05) is 0 Å². The highest BCUT2D eigenvalue weighted by Crippen LogP contribution is 1.86. The Bertz CT molecular complexity index is 226. The second-order valence-electron chi connectivity index (χ2n) is 1.98. The molecule has 0 spiro atoms. The summed E-state index contributed by atoms with van der Waals surface area (Å²) in [6.45, 7) is 3.51. The molecule has 0 heterocycles. The third-order valence-electron chi connectivity index (χ3n) is 1.15. The Kier molecular flexibility index (Phi) is 4.69. The molecular formula is C9H11NO. The average Bonchev–Trinajstić information content (AvgIpc) is 2.01. The van der Waals surface area contributed by atoms with E-state index in [9.17, 15) is 4.79 Å². The maximum atomic E-state index is 10.8. The lowest BCUT2D eigenvalue weighted by molar-refractivity contribution is -0.116. The monoisotopic (exact) mass is 149 g/mol. The van der Waals surface area contributed by atoms with E-state index >= 15 is 0 Å². The number of hydrogen-bond donors (Lipinski definition) is 1. The zero-order chi connectivity index (χ0) is 8.69. The minimum absolute atomic E-state index is 0.191. The van der Waals surface area contributed by atoms with Gasteiger partial charge in [0.05, 0.1) is 6.04 Å². The molecule has 0 aliphatic heterocycles. The van der Waals surface area contributed by atoms with E-state index in [1.54, 1.807) is 6.92 Å². The Morgan fingerprint density at radius 1 is 1.73 bits per heavy atom. The molecular weight excluding hydrogens is 138 g/mol. The second kappa shape index (κ2) is 5.38. The van der Waals surface area contributed by atoms with Crippen LogP contribution in [0.15, 0.2) is 0 Å². The topological polar surface area (TPSA) is 29.1 Å². The van der Waals surface area contributed by atoms with Crippen LogP contribution in [-0.2, 0) is 4.79 Å². The fourth-order valence-electron chi connectivity index (χ4n) is 0.569. The van der Waals surface area contributed by atoms with Crippen molar-refractivity contribution in [2.75, 3.05) is 0 Å². The van der Waals surface area contributed by atoms with Crippen molar-refractivity contribution in [1.82, 2.24) is 5.32 Å². The first-order valence-corrected chi connectivity index (χ1v) is 3.44. The van der Waals surface area contributed by atoms with Crippen molar-refractivity contribution in [3.05, 3.63) is 0 Å². The fourth-order valence-corrected chi connectivity index (χ4v) is 0.569. The molecule has 0 aromatic rings. The SMILES string of the molecule is C#CC(CC)NC(=O)C#CC. The predicted molar refractivity (Wildman–Crippen MR) is 44.5 cm³/mol. The number of carbonyl (C=O) groups is 1. The lowest BCUT2D eigenvalue weighted by Gasteiger charge is -2.05.